The number of rotatable bonds is 5. The van der Waals surface area contributed by atoms with Crippen LogP contribution < -0.4 is 17.3 Å². The molecule has 1 heterocycles. The lowest BCUT2D eigenvalue weighted by atomic mass is 10.5. The Bertz CT molecular complexity index is 288. The van der Waals surface area contributed by atoms with Gasteiger partial charge in [0.2, 0.25) is 6.17 Å². The van der Waals surface area contributed by atoms with Crippen LogP contribution in [-0.2, 0) is 4.74 Å². The van der Waals surface area contributed by atoms with E-state index in [1.54, 1.807) is 0 Å². The molecule has 0 amide bonds. The normalized spacial score (nSPS) is 23.4. The summed E-state index contributed by atoms with van der Waals surface area (Å²) in [6, 6.07) is 0. The molecule has 1 aliphatic rings. The molecule has 6 heteroatoms. The molecular formula is C10H16ClN3O2. The van der Waals surface area contributed by atoms with Gasteiger partial charge < -0.3 is 27.3 Å². The van der Waals surface area contributed by atoms with Crippen molar-refractivity contribution in [2.45, 2.75) is 12.6 Å². The van der Waals surface area contributed by atoms with Gasteiger partial charge in [0, 0.05) is 13.5 Å². The Kier molecular flexibility index (Phi) is 7.38. The Balaban J connectivity index is 0.00000225. The summed E-state index contributed by atoms with van der Waals surface area (Å²) in [7, 11) is 1.91. The Morgan fingerprint density at radius 3 is 3.12 bits per heavy atom. The van der Waals surface area contributed by atoms with Crippen molar-refractivity contribution >= 4 is 6.21 Å². The largest absolute Gasteiger partial charge is 1.00 e. The first-order valence-corrected chi connectivity index (χ1v) is 4.74. The van der Waals surface area contributed by atoms with Crippen LogP contribution in [0.4, 0.5) is 0 Å². The lowest BCUT2D eigenvalue weighted by molar-refractivity contribution is -0.885. The van der Waals surface area contributed by atoms with Crippen molar-refractivity contribution in [1.82, 2.24) is 4.90 Å². The van der Waals surface area contributed by atoms with Crippen LogP contribution in [0.2, 0.25) is 0 Å². The van der Waals surface area contributed by atoms with E-state index < -0.39 is 0 Å². The molecule has 2 N–H and O–H groups in total. The fourth-order valence-corrected chi connectivity index (χ4v) is 1.38. The van der Waals surface area contributed by atoms with Crippen molar-refractivity contribution in [2.75, 3.05) is 20.4 Å². The molecule has 0 aromatic rings. The summed E-state index contributed by atoms with van der Waals surface area (Å²) in [6.07, 6.45) is 11.1. The smallest absolute Gasteiger partial charge is 0.209 e. The van der Waals surface area contributed by atoms with Crippen molar-refractivity contribution in [1.29, 1.82) is 0 Å². The predicted octanol–water partition coefficient (Wildman–Crippen LogP) is -3.92. The molecule has 0 aromatic heterocycles. The van der Waals surface area contributed by atoms with Gasteiger partial charge in [0.1, 0.15) is 12.4 Å². The predicted molar refractivity (Wildman–Crippen MR) is 56.2 cm³/mol. The third kappa shape index (κ3) is 4.11. The Morgan fingerprint density at radius 1 is 1.75 bits per heavy atom. The number of terminal acetylenes is 1. The van der Waals surface area contributed by atoms with E-state index >= 15 is 0 Å². The average Bonchev–Trinajstić information content (AvgIpc) is 2.57. The van der Waals surface area contributed by atoms with Crippen LogP contribution in [0.3, 0.4) is 0 Å². The van der Waals surface area contributed by atoms with Gasteiger partial charge in [-0.1, -0.05) is 5.16 Å². The molecule has 2 unspecified atom stereocenters. The highest BCUT2D eigenvalue weighted by Gasteiger charge is 2.27. The van der Waals surface area contributed by atoms with Crippen LogP contribution in [0.1, 0.15) is 6.42 Å². The van der Waals surface area contributed by atoms with Crippen molar-refractivity contribution in [3.05, 3.63) is 12.4 Å². The SMILES string of the molecule is C#CCCOC[NH+]1C=CN(C)C1/C=N\O.[Cl-]. The molecule has 0 saturated carbocycles. The first kappa shape index (κ1) is 14.8. The number of ether oxygens (including phenoxy) is 1. The number of oxime groups is 1. The van der Waals surface area contributed by atoms with Crippen LogP contribution in [0.25, 0.3) is 0 Å². The second-order valence-electron chi connectivity index (χ2n) is 3.27. The van der Waals surface area contributed by atoms with Crippen molar-refractivity contribution in [3.63, 3.8) is 0 Å². The van der Waals surface area contributed by atoms with E-state index in [1.165, 1.54) is 6.21 Å². The summed E-state index contributed by atoms with van der Waals surface area (Å²) < 4.78 is 5.38. The first-order valence-electron chi connectivity index (χ1n) is 4.74. The van der Waals surface area contributed by atoms with Gasteiger partial charge >= 0.3 is 0 Å². The van der Waals surface area contributed by atoms with Gasteiger partial charge in [0.05, 0.1) is 12.8 Å². The second kappa shape index (κ2) is 7.99. The number of hydrogen-bond donors (Lipinski definition) is 2. The first-order chi connectivity index (χ1) is 7.29. The van der Waals surface area contributed by atoms with Crippen LogP contribution in [0.15, 0.2) is 17.6 Å². The maximum absolute atomic E-state index is 8.51. The minimum Gasteiger partial charge on any atom is -1.00 e. The molecule has 0 spiro atoms. The second-order valence-corrected chi connectivity index (χ2v) is 3.27. The molecule has 1 rings (SSSR count). The molecule has 1 aliphatic heterocycles. The number of hydrogen-bond acceptors (Lipinski definition) is 4. The lowest BCUT2D eigenvalue weighted by Gasteiger charge is -2.21. The van der Waals surface area contributed by atoms with E-state index in [2.05, 4.69) is 11.1 Å². The highest BCUT2D eigenvalue weighted by atomic mass is 35.5. The Hall–Kier alpha value is -1.22. The Labute approximate surface area is 102 Å². The van der Waals surface area contributed by atoms with Gasteiger partial charge in [-0.2, -0.15) is 0 Å². The third-order valence-corrected chi connectivity index (χ3v) is 2.21. The van der Waals surface area contributed by atoms with E-state index in [-0.39, 0.29) is 18.6 Å². The zero-order valence-electron chi connectivity index (χ0n) is 9.14. The summed E-state index contributed by atoms with van der Waals surface area (Å²) in [5.74, 6) is 2.51. The highest BCUT2D eigenvalue weighted by molar-refractivity contribution is 5.61. The van der Waals surface area contributed by atoms with Crippen LogP contribution in [0, 0.1) is 12.3 Å². The molecule has 2 atom stereocenters. The quantitative estimate of drug-likeness (QED) is 0.171. The minimum atomic E-state index is -0.0131. The molecule has 0 fully saturated rings. The van der Waals surface area contributed by atoms with Crippen LogP contribution in [-0.4, -0.2) is 42.9 Å². The van der Waals surface area contributed by atoms with E-state index in [9.17, 15) is 0 Å². The summed E-state index contributed by atoms with van der Waals surface area (Å²) in [5, 5.41) is 11.6. The lowest BCUT2D eigenvalue weighted by Crippen LogP contribution is -3.12. The highest BCUT2D eigenvalue weighted by Crippen LogP contribution is 1.93. The third-order valence-electron chi connectivity index (χ3n) is 2.21. The van der Waals surface area contributed by atoms with E-state index in [4.69, 9.17) is 16.4 Å². The number of halogens is 1. The van der Waals surface area contributed by atoms with Crippen molar-refractivity contribution in [3.8, 4) is 12.3 Å². The summed E-state index contributed by atoms with van der Waals surface area (Å²) in [6.45, 7) is 1.07. The van der Waals surface area contributed by atoms with E-state index in [1.807, 2.05) is 24.3 Å². The molecule has 0 bridgehead atoms. The number of nitrogens with zero attached hydrogens (tertiary/aromatic N) is 2. The summed E-state index contributed by atoms with van der Waals surface area (Å²) in [5.41, 5.74) is 0. The zero-order chi connectivity index (χ0) is 11.1. The van der Waals surface area contributed by atoms with Crippen molar-refractivity contribution < 1.29 is 27.3 Å². The molecule has 16 heavy (non-hydrogen) atoms. The van der Waals surface area contributed by atoms with Crippen LogP contribution >= 0.6 is 0 Å². The molecule has 0 aliphatic carbocycles. The van der Waals surface area contributed by atoms with E-state index in [0.717, 1.165) is 4.90 Å². The van der Waals surface area contributed by atoms with Gasteiger partial charge in [-0.25, -0.2) is 0 Å². The standard InChI is InChI=1S/C10H15N3O2.ClH/c1-3-4-7-15-9-13-6-5-12(2)10(13)8-11-14;/h1,5-6,8,10,14H,4,7,9H2,2H3;1H/b11-8-;. The molecule has 0 radical (unpaired) electrons. The summed E-state index contributed by atoms with van der Waals surface area (Å²) in [4.78, 5) is 3.01. The topological polar surface area (TPSA) is 49.5 Å². The van der Waals surface area contributed by atoms with Gasteiger partial charge in [0.25, 0.3) is 0 Å². The average molecular weight is 246 g/mol. The zero-order valence-corrected chi connectivity index (χ0v) is 9.89. The Morgan fingerprint density at radius 2 is 2.50 bits per heavy atom. The van der Waals surface area contributed by atoms with Crippen LogP contribution in [0.5, 0.6) is 0 Å². The minimum absolute atomic E-state index is 0. The number of nitrogens with one attached hydrogen (secondary N) is 1. The maximum atomic E-state index is 8.51. The van der Waals surface area contributed by atoms with Gasteiger partial charge in [0.15, 0.2) is 6.73 Å². The van der Waals surface area contributed by atoms with Crippen molar-refractivity contribution in [2.24, 2.45) is 5.16 Å². The summed E-state index contributed by atoms with van der Waals surface area (Å²) >= 11 is 0. The molecule has 0 aromatic carbocycles. The maximum Gasteiger partial charge on any atom is 0.209 e. The monoisotopic (exact) mass is 245 g/mol. The molecule has 90 valence electrons. The van der Waals surface area contributed by atoms with E-state index in [0.29, 0.717) is 19.8 Å². The number of quaternary nitrogens is 1. The molecule has 0 saturated heterocycles. The molecular weight excluding hydrogens is 230 g/mol. The molecule has 5 nitrogen and oxygen atoms in total. The van der Waals surface area contributed by atoms with Gasteiger partial charge in [-0.15, -0.1) is 12.3 Å². The fourth-order valence-electron chi connectivity index (χ4n) is 1.38. The van der Waals surface area contributed by atoms with Gasteiger partial charge in [-0.05, 0) is 0 Å². The van der Waals surface area contributed by atoms with Gasteiger partial charge in [-0.3, -0.25) is 4.90 Å². The fraction of sp³-hybridized carbons (Fsp3) is 0.500.